The first-order chi connectivity index (χ1) is 8.63. The number of anilines is 2. The minimum Gasteiger partial charge on any atom is -0.367 e. The highest BCUT2D eigenvalue weighted by Crippen LogP contribution is 2.08. The van der Waals surface area contributed by atoms with Gasteiger partial charge >= 0.3 is 0 Å². The Morgan fingerprint density at radius 1 is 1.22 bits per heavy atom. The largest absolute Gasteiger partial charge is 0.367 e. The van der Waals surface area contributed by atoms with Crippen molar-refractivity contribution < 1.29 is 0 Å². The van der Waals surface area contributed by atoms with Crippen molar-refractivity contribution in [3.05, 3.63) is 6.20 Å². The Labute approximate surface area is 109 Å². The molecular weight excluding hydrogens is 228 g/mol. The number of aromatic nitrogens is 3. The molecule has 0 radical (unpaired) electrons. The summed E-state index contributed by atoms with van der Waals surface area (Å²) in [5.41, 5.74) is 0. The molecule has 0 aliphatic rings. The third kappa shape index (κ3) is 5.27. The topological polar surface area (TPSA) is 57.2 Å². The van der Waals surface area contributed by atoms with Gasteiger partial charge in [-0.3, -0.25) is 0 Å². The van der Waals surface area contributed by atoms with Gasteiger partial charge in [-0.1, -0.05) is 13.3 Å². The van der Waals surface area contributed by atoms with E-state index in [9.17, 15) is 0 Å². The lowest BCUT2D eigenvalue weighted by molar-refractivity contribution is 0.425. The van der Waals surface area contributed by atoms with E-state index in [0.717, 1.165) is 31.9 Å². The maximum Gasteiger partial charge on any atom is 0.247 e. The predicted octanol–water partition coefficient (Wildman–Crippen LogP) is 1.08. The Bertz CT molecular complexity index is 341. The predicted molar refractivity (Wildman–Crippen MR) is 75.0 cm³/mol. The highest BCUT2D eigenvalue weighted by molar-refractivity contribution is 5.38. The minimum absolute atomic E-state index is 0.679. The molecule has 0 atom stereocenters. The van der Waals surface area contributed by atoms with E-state index in [2.05, 4.69) is 32.3 Å². The Kier molecular flexibility index (Phi) is 6.35. The molecule has 6 heteroatoms. The molecule has 0 saturated carbocycles. The summed E-state index contributed by atoms with van der Waals surface area (Å²) < 4.78 is 0. The van der Waals surface area contributed by atoms with Crippen LogP contribution in [0.2, 0.25) is 0 Å². The molecular formula is C12H24N6. The number of nitrogens with zero attached hydrogens (tertiary/aromatic N) is 5. The van der Waals surface area contributed by atoms with E-state index in [1.165, 1.54) is 6.42 Å². The molecule has 0 aliphatic heterocycles. The fourth-order valence-electron chi connectivity index (χ4n) is 1.44. The molecule has 0 amide bonds. The Morgan fingerprint density at radius 2 is 2.00 bits per heavy atom. The molecule has 0 unspecified atom stereocenters. The van der Waals surface area contributed by atoms with Gasteiger partial charge in [0.05, 0.1) is 6.20 Å². The fraction of sp³-hybridized carbons (Fsp3) is 0.750. The molecule has 102 valence electrons. The number of rotatable bonds is 8. The van der Waals surface area contributed by atoms with Gasteiger partial charge in [0.25, 0.3) is 0 Å². The van der Waals surface area contributed by atoms with E-state index in [4.69, 9.17) is 0 Å². The number of unbranched alkanes of at least 4 members (excludes halogenated alkanes) is 1. The highest BCUT2D eigenvalue weighted by atomic mass is 15.3. The second kappa shape index (κ2) is 7.81. The van der Waals surface area contributed by atoms with E-state index < -0.39 is 0 Å². The molecule has 18 heavy (non-hydrogen) atoms. The summed E-state index contributed by atoms with van der Waals surface area (Å²) in [6.07, 6.45) is 3.96. The zero-order valence-electron chi connectivity index (χ0n) is 11.8. The first kappa shape index (κ1) is 14.6. The van der Waals surface area contributed by atoms with E-state index in [-0.39, 0.29) is 0 Å². The van der Waals surface area contributed by atoms with Crippen LogP contribution >= 0.6 is 0 Å². The molecule has 1 rings (SSSR count). The SMILES string of the molecule is CCCCN(C)c1nncc(NCCN(C)C)n1. The average molecular weight is 252 g/mol. The van der Waals surface area contributed by atoms with Gasteiger partial charge in [-0.25, -0.2) is 0 Å². The molecule has 1 N–H and O–H groups in total. The van der Waals surface area contributed by atoms with Crippen LogP contribution in [0.4, 0.5) is 11.8 Å². The van der Waals surface area contributed by atoms with Crippen LogP contribution in [-0.2, 0) is 0 Å². The van der Waals surface area contributed by atoms with Gasteiger partial charge < -0.3 is 15.1 Å². The standard InChI is InChI=1S/C12H24N6/c1-5-6-8-18(4)12-15-11(10-14-16-12)13-7-9-17(2)3/h10H,5-9H2,1-4H3,(H,13,15,16). The van der Waals surface area contributed by atoms with E-state index in [1.807, 2.05) is 26.0 Å². The van der Waals surface area contributed by atoms with Gasteiger partial charge in [0.15, 0.2) is 5.82 Å². The smallest absolute Gasteiger partial charge is 0.247 e. The van der Waals surface area contributed by atoms with Crippen LogP contribution < -0.4 is 10.2 Å². The molecule has 0 spiro atoms. The number of hydrogen-bond acceptors (Lipinski definition) is 6. The Balaban J connectivity index is 2.50. The van der Waals surface area contributed by atoms with E-state index in [1.54, 1.807) is 6.20 Å². The number of nitrogens with one attached hydrogen (secondary N) is 1. The summed E-state index contributed by atoms with van der Waals surface area (Å²) in [6.45, 7) is 4.94. The quantitative estimate of drug-likeness (QED) is 0.747. The summed E-state index contributed by atoms with van der Waals surface area (Å²) in [7, 11) is 6.09. The van der Waals surface area contributed by atoms with Crippen LogP contribution in [-0.4, -0.2) is 60.9 Å². The van der Waals surface area contributed by atoms with Crippen molar-refractivity contribution in [2.75, 3.05) is 51.0 Å². The van der Waals surface area contributed by atoms with Crippen molar-refractivity contribution in [2.24, 2.45) is 0 Å². The number of likely N-dealkylation sites (N-methyl/N-ethyl adjacent to an activating group) is 1. The average Bonchev–Trinajstić information content (AvgIpc) is 2.36. The molecule has 1 aromatic rings. The maximum atomic E-state index is 4.45. The van der Waals surface area contributed by atoms with Gasteiger partial charge in [-0.2, -0.15) is 10.1 Å². The number of hydrogen-bond donors (Lipinski definition) is 1. The molecule has 0 saturated heterocycles. The zero-order valence-corrected chi connectivity index (χ0v) is 11.8. The Morgan fingerprint density at radius 3 is 2.67 bits per heavy atom. The lowest BCUT2D eigenvalue weighted by Gasteiger charge is -2.16. The van der Waals surface area contributed by atoms with Crippen LogP contribution in [0.5, 0.6) is 0 Å². The normalized spacial score (nSPS) is 10.7. The molecule has 0 aliphatic carbocycles. The lowest BCUT2D eigenvalue weighted by Crippen LogP contribution is -2.23. The van der Waals surface area contributed by atoms with Crippen molar-refractivity contribution in [1.82, 2.24) is 20.1 Å². The minimum atomic E-state index is 0.679. The molecule has 1 aromatic heterocycles. The van der Waals surface area contributed by atoms with Crippen molar-refractivity contribution in [1.29, 1.82) is 0 Å². The lowest BCUT2D eigenvalue weighted by atomic mass is 10.3. The summed E-state index contributed by atoms with van der Waals surface area (Å²) in [5.74, 6) is 1.46. The van der Waals surface area contributed by atoms with Crippen LogP contribution in [0.25, 0.3) is 0 Å². The third-order valence-electron chi connectivity index (χ3n) is 2.60. The van der Waals surface area contributed by atoms with Gasteiger partial charge in [0.2, 0.25) is 5.95 Å². The summed E-state index contributed by atoms with van der Waals surface area (Å²) in [5, 5.41) is 11.3. The van der Waals surface area contributed by atoms with Crippen molar-refractivity contribution in [3.8, 4) is 0 Å². The van der Waals surface area contributed by atoms with Gasteiger partial charge in [0.1, 0.15) is 0 Å². The van der Waals surface area contributed by atoms with Crippen LogP contribution in [0.1, 0.15) is 19.8 Å². The molecule has 0 fully saturated rings. The molecule has 6 nitrogen and oxygen atoms in total. The van der Waals surface area contributed by atoms with E-state index >= 15 is 0 Å². The Hall–Kier alpha value is -1.43. The first-order valence-electron chi connectivity index (χ1n) is 6.43. The maximum absolute atomic E-state index is 4.45. The highest BCUT2D eigenvalue weighted by Gasteiger charge is 2.05. The monoisotopic (exact) mass is 252 g/mol. The van der Waals surface area contributed by atoms with Crippen LogP contribution in [0.3, 0.4) is 0 Å². The van der Waals surface area contributed by atoms with Crippen LogP contribution in [0.15, 0.2) is 6.20 Å². The van der Waals surface area contributed by atoms with Crippen molar-refractivity contribution in [2.45, 2.75) is 19.8 Å². The van der Waals surface area contributed by atoms with Crippen LogP contribution in [0, 0.1) is 0 Å². The van der Waals surface area contributed by atoms with Gasteiger partial charge in [-0.05, 0) is 20.5 Å². The second-order valence-corrected chi connectivity index (χ2v) is 4.65. The van der Waals surface area contributed by atoms with Crippen molar-refractivity contribution >= 4 is 11.8 Å². The van der Waals surface area contributed by atoms with Crippen molar-refractivity contribution in [3.63, 3.8) is 0 Å². The zero-order chi connectivity index (χ0) is 13.4. The molecule has 0 bridgehead atoms. The summed E-state index contributed by atoms with van der Waals surface area (Å²) >= 11 is 0. The second-order valence-electron chi connectivity index (χ2n) is 4.65. The van der Waals surface area contributed by atoms with Gasteiger partial charge in [-0.15, -0.1) is 5.10 Å². The molecule has 0 aromatic carbocycles. The third-order valence-corrected chi connectivity index (χ3v) is 2.60. The summed E-state index contributed by atoms with van der Waals surface area (Å²) in [4.78, 5) is 8.60. The summed E-state index contributed by atoms with van der Waals surface area (Å²) in [6, 6.07) is 0. The molecule has 1 heterocycles. The first-order valence-corrected chi connectivity index (χ1v) is 6.43. The fourth-order valence-corrected chi connectivity index (χ4v) is 1.44. The van der Waals surface area contributed by atoms with Gasteiger partial charge in [0, 0.05) is 26.7 Å². The van der Waals surface area contributed by atoms with E-state index in [0.29, 0.717) is 5.95 Å².